The Morgan fingerprint density at radius 2 is 0.964 bits per heavy atom. The topological polar surface area (TPSA) is 69.6 Å². The summed E-state index contributed by atoms with van der Waals surface area (Å²) in [7, 11) is 0. The molecule has 6 nitrogen and oxygen atoms in total. The Kier molecular flexibility index (Phi) is 7.38. The molecule has 4 aromatic heterocycles. The van der Waals surface area contributed by atoms with Crippen LogP contribution in [-0.2, 0) is 0 Å². The lowest BCUT2D eigenvalue weighted by molar-refractivity contribution is 0.671. The minimum absolute atomic E-state index is 0.609. The Bertz CT molecular complexity index is 3190. The molecule has 4 heterocycles. The largest absolute Gasteiger partial charge is 0.454 e. The number of rotatable bonds is 6. The fourth-order valence-corrected chi connectivity index (χ4v) is 7.88. The number of hydrogen-bond acceptors (Lipinski definition) is 5. The highest BCUT2D eigenvalue weighted by molar-refractivity contribution is 6.21. The van der Waals surface area contributed by atoms with Crippen LogP contribution in [0.3, 0.4) is 0 Å². The van der Waals surface area contributed by atoms with E-state index in [0.29, 0.717) is 17.5 Å². The third-order valence-corrected chi connectivity index (χ3v) is 10.5. The molecule has 0 N–H and O–H groups in total. The van der Waals surface area contributed by atoms with Crippen LogP contribution >= 0.6 is 0 Å². The maximum Gasteiger partial charge on any atom is 0.164 e. The summed E-state index contributed by atoms with van der Waals surface area (Å²) in [5, 5.41) is 4.50. The van der Waals surface area contributed by atoms with Crippen molar-refractivity contribution >= 4 is 43.7 Å². The van der Waals surface area contributed by atoms with E-state index < -0.39 is 0 Å². The van der Waals surface area contributed by atoms with E-state index in [-0.39, 0.29) is 0 Å². The van der Waals surface area contributed by atoms with Gasteiger partial charge in [0.15, 0.2) is 23.1 Å². The number of hydrogen-bond donors (Lipinski definition) is 0. The zero-order valence-corrected chi connectivity index (χ0v) is 30.0. The first-order chi connectivity index (χ1) is 27.7. The van der Waals surface area contributed by atoms with Gasteiger partial charge in [-0.05, 0) is 65.2 Å². The van der Waals surface area contributed by atoms with Crippen LogP contribution in [0.1, 0.15) is 0 Å². The number of furan rings is 1. The quantitative estimate of drug-likeness (QED) is 0.171. The monoisotopic (exact) mass is 717 g/mol. The van der Waals surface area contributed by atoms with Crippen molar-refractivity contribution in [2.45, 2.75) is 0 Å². The van der Waals surface area contributed by atoms with E-state index >= 15 is 0 Å². The Morgan fingerprint density at radius 3 is 1.70 bits per heavy atom. The number of para-hydroxylation sites is 2. The smallest absolute Gasteiger partial charge is 0.164 e. The van der Waals surface area contributed by atoms with Crippen molar-refractivity contribution in [2.75, 3.05) is 0 Å². The molecule has 0 unspecified atom stereocenters. The molecule has 0 aliphatic carbocycles. The van der Waals surface area contributed by atoms with Gasteiger partial charge in [0.2, 0.25) is 0 Å². The Morgan fingerprint density at radius 1 is 0.393 bits per heavy atom. The third kappa shape index (κ3) is 5.35. The van der Waals surface area contributed by atoms with Crippen LogP contribution in [-0.4, -0.2) is 24.5 Å². The summed E-state index contributed by atoms with van der Waals surface area (Å²) in [6.45, 7) is 0. The lowest BCUT2D eigenvalue weighted by Crippen LogP contribution is -2.00. The van der Waals surface area contributed by atoms with Gasteiger partial charge in [0.1, 0.15) is 5.58 Å². The molecule has 0 spiro atoms. The van der Waals surface area contributed by atoms with Crippen LogP contribution < -0.4 is 0 Å². The van der Waals surface area contributed by atoms with Crippen molar-refractivity contribution in [2.24, 2.45) is 0 Å². The summed E-state index contributed by atoms with van der Waals surface area (Å²) in [5.74, 6) is 1.87. The van der Waals surface area contributed by atoms with E-state index in [4.69, 9.17) is 19.4 Å². The maximum absolute atomic E-state index is 6.69. The molecule has 0 aliphatic heterocycles. The zero-order valence-electron chi connectivity index (χ0n) is 30.0. The standard InChI is InChI=1S/C50H31N5O/c1-3-13-32(14-4-1)48-52-49(33-15-5-2-6-16-33)54-50(53-48)35-18-11-17-34(27-35)37-28-38(36-19-12-26-51-31-36)30-39(29-37)55-44-22-9-7-20-40(44)42-24-25-43-41-21-8-10-23-45(41)56-47(43)46(42)55/h1-31H. The summed E-state index contributed by atoms with van der Waals surface area (Å²) >= 11 is 0. The van der Waals surface area contributed by atoms with E-state index in [1.807, 2.05) is 91.3 Å². The third-order valence-electron chi connectivity index (χ3n) is 10.5. The van der Waals surface area contributed by atoms with E-state index in [0.717, 1.165) is 83.0 Å². The fraction of sp³-hybridized carbons (Fsp3) is 0. The van der Waals surface area contributed by atoms with Crippen molar-refractivity contribution in [3.05, 3.63) is 188 Å². The number of benzene rings is 7. The minimum atomic E-state index is 0.609. The van der Waals surface area contributed by atoms with Crippen LogP contribution in [0.2, 0.25) is 0 Å². The molecule has 262 valence electrons. The van der Waals surface area contributed by atoms with Gasteiger partial charge in [-0.3, -0.25) is 4.98 Å². The molecule has 0 aliphatic rings. The average molecular weight is 718 g/mol. The first-order valence-electron chi connectivity index (χ1n) is 18.6. The van der Waals surface area contributed by atoms with Crippen LogP contribution in [0.5, 0.6) is 0 Å². The second kappa shape index (κ2) is 13.0. The molecule has 0 saturated carbocycles. The molecular weight excluding hydrogens is 687 g/mol. The van der Waals surface area contributed by atoms with E-state index in [9.17, 15) is 0 Å². The average Bonchev–Trinajstić information content (AvgIpc) is 3.83. The van der Waals surface area contributed by atoms with Gasteiger partial charge in [-0.25, -0.2) is 15.0 Å². The van der Waals surface area contributed by atoms with E-state index in [1.54, 1.807) is 0 Å². The predicted molar refractivity (Wildman–Crippen MR) is 226 cm³/mol. The molecule has 0 fully saturated rings. The highest BCUT2D eigenvalue weighted by Crippen LogP contribution is 2.42. The Balaban J connectivity index is 1.14. The molecule has 6 heteroatoms. The second-order valence-corrected chi connectivity index (χ2v) is 13.9. The molecule has 0 amide bonds. The van der Waals surface area contributed by atoms with Gasteiger partial charge < -0.3 is 8.98 Å². The number of pyridine rings is 1. The van der Waals surface area contributed by atoms with E-state index in [1.165, 1.54) is 5.39 Å². The van der Waals surface area contributed by atoms with Crippen molar-refractivity contribution in [3.8, 4) is 62.1 Å². The van der Waals surface area contributed by atoms with Gasteiger partial charge in [-0.2, -0.15) is 0 Å². The van der Waals surface area contributed by atoms with Gasteiger partial charge in [0.05, 0.1) is 11.0 Å². The SMILES string of the molecule is c1ccc(-c2nc(-c3ccccc3)nc(-c3cccc(-c4cc(-c5cccnc5)cc(-n5c6ccccc6c6ccc7c8ccccc8oc7c65)c4)c3)n2)cc1. The number of aromatic nitrogens is 5. The highest BCUT2D eigenvalue weighted by Gasteiger charge is 2.20. The van der Waals surface area contributed by atoms with Gasteiger partial charge >= 0.3 is 0 Å². The van der Waals surface area contributed by atoms with Gasteiger partial charge in [0, 0.05) is 61.9 Å². The van der Waals surface area contributed by atoms with Gasteiger partial charge in [-0.15, -0.1) is 0 Å². The number of fused-ring (bicyclic) bond motifs is 7. The summed E-state index contributed by atoms with van der Waals surface area (Å²) < 4.78 is 9.04. The van der Waals surface area contributed by atoms with Crippen molar-refractivity contribution in [3.63, 3.8) is 0 Å². The molecular formula is C50H31N5O. The van der Waals surface area contributed by atoms with Crippen molar-refractivity contribution < 1.29 is 4.42 Å². The van der Waals surface area contributed by atoms with Gasteiger partial charge in [-0.1, -0.05) is 127 Å². The normalized spacial score (nSPS) is 11.6. The molecule has 7 aromatic carbocycles. The Hall–Kier alpha value is -7.70. The van der Waals surface area contributed by atoms with E-state index in [2.05, 4.69) is 107 Å². The lowest BCUT2D eigenvalue weighted by Gasteiger charge is -2.15. The minimum Gasteiger partial charge on any atom is -0.454 e. The molecule has 0 bridgehead atoms. The first-order valence-corrected chi connectivity index (χ1v) is 18.6. The van der Waals surface area contributed by atoms with Crippen LogP contribution in [0, 0.1) is 0 Å². The predicted octanol–water partition coefficient (Wildman–Crippen LogP) is 12.6. The van der Waals surface area contributed by atoms with Crippen molar-refractivity contribution in [1.82, 2.24) is 24.5 Å². The molecule has 0 radical (unpaired) electrons. The summed E-state index contributed by atoms with van der Waals surface area (Å²) in [6, 6.07) is 60.7. The number of nitrogens with zero attached hydrogens (tertiary/aromatic N) is 5. The highest BCUT2D eigenvalue weighted by atomic mass is 16.3. The zero-order chi connectivity index (χ0) is 37.0. The second-order valence-electron chi connectivity index (χ2n) is 13.9. The molecule has 0 atom stereocenters. The first kappa shape index (κ1) is 31.8. The lowest BCUT2D eigenvalue weighted by atomic mass is 9.97. The molecule has 11 aromatic rings. The summed E-state index contributed by atoms with van der Waals surface area (Å²) in [5.41, 5.74) is 11.8. The summed E-state index contributed by atoms with van der Waals surface area (Å²) in [4.78, 5) is 19.5. The van der Waals surface area contributed by atoms with Gasteiger partial charge in [0.25, 0.3) is 0 Å². The molecule has 56 heavy (non-hydrogen) atoms. The Labute approximate surface area is 322 Å². The van der Waals surface area contributed by atoms with Crippen LogP contribution in [0.4, 0.5) is 0 Å². The fourth-order valence-electron chi connectivity index (χ4n) is 7.88. The van der Waals surface area contributed by atoms with Crippen LogP contribution in [0.25, 0.3) is 106 Å². The maximum atomic E-state index is 6.69. The summed E-state index contributed by atoms with van der Waals surface area (Å²) in [6.07, 6.45) is 3.73. The molecule has 11 rings (SSSR count). The van der Waals surface area contributed by atoms with Crippen LogP contribution in [0.15, 0.2) is 193 Å². The molecule has 0 saturated heterocycles. The van der Waals surface area contributed by atoms with Crippen molar-refractivity contribution in [1.29, 1.82) is 0 Å².